The quantitative estimate of drug-likeness (QED) is 0.777. The largest absolute Gasteiger partial charge is 0.493 e. The van der Waals surface area contributed by atoms with Crippen molar-refractivity contribution in [3.8, 4) is 5.75 Å². The van der Waals surface area contributed by atoms with Crippen LogP contribution in [0.5, 0.6) is 5.75 Å². The van der Waals surface area contributed by atoms with Gasteiger partial charge in [-0.1, -0.05) is 19.1 Å². The highest BCUT2D eigenvalue weighted by atomic mass is 127. The van der Waals surface area contributed by atoms with Crippen LogP contribution in [0.3, 0.4) is 0 Å². The molecule has 0 saturated carbocycles. The third kappa shape index (κ3) is 3.32. The Kier molecular flexibility index (Phi) is 5.42. The molecule has 1 N–H and O–H groups in total. The fourth-order valence-electron chi connectivity index (χ4n) is 2.26. The van der Waals surface area contributed by atoms with Gasteiger partial charge in [-0.2, -0.15) is 5.10 Å². The summed E-state index contributed by atoms with van der Waals surface area (Å²) in [6, 6.07) is 8.61. The summed E-state index contributed by atoms with van der Waals surface area (Å²) in [6.45, 7) is 3.11. The van der Waals surface area contributed by atoms with Gasteiger partial charge in [-0.05, 0) is 53.3 Å². The van der Waals surface area contributed by atoms with Gasteiger partial charge in [-0.3, -0.25) is 4.68 Å². The number of rotatable bonds is 6. The second kappa shape index (κ2) is 7.08. The summed E-state index contributed by atoms with van der Waals surface area (Å²) in [4.78, 5) is 0. The van der Waals surface area contributed by atoms with Crippen molar-refractivity contribution in [3.63, 3.8) is 0 Å². The summed E-state index contributed by atoms with van der Waals surface area (Å²) in [5.74, 6) is 0.819. The summed E-state index contributed by atoms with van der Waals surface area (Å²) < 4.78 is 8.56. The van der Waals surface area contributed by atoms with E-state index in [2.05, 4.69) is 64.2 Å². The Balaban J connectivity index is 2.44. The van der Waals surface area contributed by atoms with Crippen LogP contribution in [0.2, 0.25) is 0 Å². The second-order valence-corrected chi connectivity index (χ2v) is 5.91. The first-order valence-corrected chi connectivity index (χ1v) is 7.80. The van der Waals surface area contributed by atoms with Crippen LogP contribution in [-0.4, -0.2) is 23.4 Å². The smallest absolute Gasteiger partial charge is 0.161 e. The molecule has 0 radical (unpaired) electrons. The Labute approximate surface area is 133 Å². The lowest BCUT2D eigenvalue weighted by Gasteiger charge is -2.20. The maximum atomic E-state index is 5.45. The van der Waals surface area contributed by atoms with Crippen molar-refractivity contribution in [2.24, 2.45) is 7.05 Å². The van der Waals surface area contributed by atoms with E-state index in [4.69, 9.17) is 4.74 Å². The predicted molar refractivity (Wildman–Crippen MR) is 89.1 cm³/mol. The standard InChI is InChI=1S/C15H20IN3O/c1-4-8-17-14(11-6-5-7-12(16)9-11)15-13(20-3)10-18-19(15)2/h5-7,9-10,14,17H,4,8H2,1-3H3. The Bertz CT molecular complexity index is 568. The zero-order valence-corrected chi connectivity index (χ0v) is 14.2. The minimum absolute atomic E-state index is 0.0899. The van der Waals surface area contributed by atoms with Crippen molar-refractivity contribution in [1.82, 2.24) is 15.1 Å². The summed E-state index contributed by atoms with van der Waals surface area (Å²) in [7, 11) is 3.64. The van der Waals surface area contributed by atoms with E-state index in [1.807, 2.05) is 11.7 Å². The number of aromatic nitrogens is 2. The normalized spacial score (nSPS) is 12.4. The molecule has 1 atom stereocenters. The molecule has 0 fully saturated rings. The Morgan fingerprint density at radius 1 is 1.45 bits per heavy atom. The van der Waals surface area contributed by atoms with Gasteiger partial charge in [0.25, 0.3) is 0 Å². The van der Waals surface area contributed by atoms with Gasteiger partial charge in [0.1, 0.15) is 5.69 Å². The predicted octanol–water partition coefficient (Wildman–Crippen LogP) is 3.12. The molecule has 0 aliphatic carbocycles. The molecular formula is C15H20IN3O. The SMILES string of the molecule is CCCNC(c1cccc(I)c1)c1c(OC)cnn1C. The highest BCUT2D eigenvalue weighted by Crippen LogP contribution is 2.30. The molecule has 108 valence electrons. The lowest BCUT2D eigenvalue weighted by Crippen LogP contribution is -2.25. The van der Waals surface area contributed by atoms with Crippen LogP contribution < -0.4 is 10.1 Å². The third-order valence-corrected chi connectivity index (χ3v) is 3.89. The van der Waals surface area contributed by atoms with Crippen molar-refractivity contribution in [1.29, 1.82) is 0 Å². The van der Waals surface area contributed by atoms with Crippen molar-refractivity contribution < 1.29 is 4.74 Å². The van der Waals surface area contributed by atoms with Crippen molar-refractivity contribution in [2.75, 3.05) is 13.7 Å². The van der Waals surface area contributed by atoms with Gasteiger partial charge in [0, 0.05) is 10.6 Å². The van der Waals surface area contributed by atoms with Gasteiger partial charge >= 0.3 is 0 Å². The Morgan fingerprint density at radius 3 is 2.90 bits per heavy atom. The van der Waals surface area contributed by atoms with E-state index in [1.165, 1.54) is 9.13 Å². The lowest BCUT2D eigenvalue weighted by molar-refractivity contribution is 0.400. The molecule has 0 spiro atoms. The number of hydrogen-bond acceptors (Lipinski definition) is 3. The molecule has 5 heteroatoms. The van der Waals surface area contributed by atoms with Crippen molar-refractivity contribution >= 4 is 22.6 Å². The topological polar surface area (TPSA) is 39.1 Å². The summed E-state index contributed by atoms with van der Waals surface area (Å²) in [6.07, 6.45) is 2.85. The van der Waals surface area contributed by atoms with E-state index < -0.39 is 0 Å². The number of methoxy groups -OCH3 is 1. The van der Waals surface area contributed by atoms with E-state index in [-0.39, 0.29) is 6.04 Å². The molecule has 1 aromatic carbocycles. The first-order valence-electron chi connectivity index (χ1n) is 6.72. The van der Waals surface area contributed by atoms with Gasteiger partial charge in [0.15, 0.2) is 5.75 Å². The fourth-order valence-corrected chi connectivity index (χ4v) is 2.83. The van der Waals surface area contributed by atoms with Gasteiger partial charge in [-0.25, -0.2) is 0 Å². The number of hydrogen-bond donors (Lipinski definition) is 1. The van der Waals surface area contributed by atoms with E-state index in [0.717, 1.165) is 24.4 Å². The molecule has 1 aromatic heterocycles. The maximum Gasteiger partial charge on any atom is 0.161 e. The van der Waals surface area contributed by atoms with Crippen LogP contribution in [0.1, 0.15) is 30.6 Å². The van der Waals surface area contributed by atoms with Crippen LogP contribution in [0.4, 0.5) is 0 Å². The molecule has 1 heterocycles. The third-order valence-electron chi connectivity index (χ3n) is 3.22. The highest BCUT2D eigenvalue weighted by molar-refractivity contribution is 14.1. The molecule has 0 amide bonds. The molecule has 2 rings (SSSR count). The molecular weight excluding hydrogens is 365 g/mol. The summed E-state index contributed by atoms with van der Waals surface area (Å²) in [5, 5.41) is 7.90. The number of ether oxygens (including phenoxy) is 1. The van der Waals surface area contributed by atoms with Crippen LogP contribution in [0.15, 0.2) is 30.5 Å². The average molecular weight is 385 g/mol. The van der Waals surface area contributed by atoms with Crippen molar-refractivity contribution in [3.05, 3.63) is 45.3 Å². The molecule has 1 unspecified atom stereocenters. The molecule has 0 bridgehead atoms. The lowest BCUT2D eigenvalue weighted by atomic mass is 10.0. The van der Waals surface area contributed by atoms with Crippen LogP contribution >= 0.6 is 22.6 Å². The highest BCUT2D eigenvalue weighted by Gasteiger charge is 2.22. The molecule has 0 saturated heterocycles. The zero-order valence-electron chi connectivity index (χ0n) is 12.1. The van der Waals surface area contributed by atoms with Crippen LogP contribution in [0.25, 0.3) is 0 Å². The number of nitrogens with zero attached hydrogens (tertiary/aromatic N) is 2. The monoisotopic (exact) mass is 385 g/mol. The number of halogens is 1. The van der Waals surface area contributed by atoms with Crippen LogP contribution in [0, 0.1) is 3.57 Å². The molecule has 20 heavy (non-hydrogen) atoms. The second-order valence-electron chi connectivity index (χ2n) is 4.66. The zero-order chi connectivity index (χ0) is 14.5. The van der Waals surface area contributed by atoms with Gasteiger partial charge < -0.3 is 10.1 Å². The van der Waals surface area contributed by atoms with Gasteiger partial charge in [0.2, 0.25) is 0 Å². The molecule has 4 nitrogen and oxygen atoms in total. The number of aryl methyl sites for hydroxylation is 1. The summed E-state index contributed by atoms with van der Waals surface area (Å²) in [5.41, 5.74) is 2.29. The molecule has 0 aliphatic rings. The number of nitrogens with one attached hydrogen (secondary N) is 1. The minimum atomic E-state index is 0.0899. The minimum Gasteiger partial charge on any atom is -0.493 e. The summed E-state index contributed by atoms with van der Waals surface area (Å²) >= 11 is 2.34. The van der Waals surface area contributed by atoms with Gasteiger partial charge in [0.05, 0.1) is 19.3 Å². The fraction of sp³-hybridized carbons (Fsp3) is 0.400. The molecule has 0 aliphatic heterocycles. The molecule has 2 aromatic rings. The van der Waals surface area contributed by atoms with E-state index in [9.17, 15) is 0 Å². The Hall–Kier alpha value is -1.08. The first-order chi connectivity index (χ1) is 9.67. The maximum absolute atomic E-state index is 5.45. The van der Waals surface area contributed by atoms with E-state index in [0.29, 0.717) is 0 Å². The first kappa shape index (κ1) is 15.3. The van der Waals surface area contributed by atoms with Crippen LogP contribution in [-0.2, 0) is 7.05 Å². The number of benzene rings is 1. The van der Waals surface area contributed by atoms with Crippen molar-refractivity contribution in [2.45, 2.75) is 19.4 Å². The average Bonchev–Trinajstić information content (AvgIpc) is 2.81. The van der Waals surface area contributed by atoms with E-state index >= 15 is 0 Å². The Morgan fingerprint density at radius 2 is 2.25 bits per heavy atom. The van der Waals surface area contributed by atoms with Gasteiger partial charge in [-0.15, -0.1) is 0 Å². The van der Waals surface area contributed by atoms with E-state index in [1.54, 1.807) is 13.3 Å².